The number of ether oxygens (including phenoxy) is 2. The van der Waals surface area contributed by atoms with Gasteiger partial charge < -0.3 is 19.7 Å². The Morgan fingerprint density at radius 2 is 1.91 bits per heavy atom. The van der Waals surface area contributed by atoms with E-state index < -0.39 is 6.04 Å². The Bertz CT molecular complexity index is 1030. The van der Waals surface area contributed by atoms with Crippen LogP contribution in [0.15, 0.2) is 47.6 Å². The molecule has 1 N–H and O–H groups in total. The summed E-state index contributed by atoms with van der Waals surface area (Å²) in [6.45, 7) is 2.33. The molecule has 0 bridgehead atoms. The first-order valence-corrected chi connectivity index (χ1v) is 10.7. The molecule has 1 atom stereocenters. The van der Waals surface area contributed by atoms with Crippen molar-refractivity contribution in [2.45, 2.75) is 25.8 Å². The van der Waals surface area contributed by atoms with Crippen LogP contribution in [0.25, 0.3) is 0 Å². The predicted octanol–water partition coefficient (Wildman–Crippen LogP) is 3.57. The molecule has 0 saturated heterocycles. The minimum Gasteiger partial charge on any atom is -0.497 e. The maximum Gasteiger partial charge on any atom is 0.317 e. The largest absolute Gasteiger partial charge is 0.497 e. The zero-order valence-corrected chi connectivity index (χ0v) is 19.3. The Labute approximate surface area is 193 Å². The van der Waals surface area contributed by atoms with E-state index >= 15 is 0 Å². The van der Waals surface area contributed by atoms with Crippen molar-refractivity contribution in [3.8, 4) is 11.5 Å². The number of hydrazone groups is 1. The van der Waals surface area contributed by atoms with Gasteiger partial charge in [0.2, 0.25) is 0 Å². The SMILES string of the molecule is CCCNC(=O)N(C)CC(=O)N1N=C(c2ccc(OC)cc2OC)CC1c1ccc(F)cc1. The number of benzene rings is 2. The van der Waals surface area contributed by atoms with Gasteiger partial charge in [-0.1, -0.05) is 19.1 Å². The quantitative estimate of drug-likeness (QED) is 0.658. The molecule has 0 radical (unpaired) electrons. The smallest absolute Gasteiger partial charge is 0.317 e. The predicted molar refractivity (Wildman–Crippen MR) is 123 cm³/mol. The average molecular weight is 457 g/mol. The molecule has 9 heteroatoms. The van der Waals surface area contributed by atoms with Crippen molar-refractivity contribution in [1.29, 1.82) is 0 Å². The van der Waals surface area contributed by atoms with E-state index in [-0.39, 0.29) is 24.3 Å². The summed E-state index contributed by atoms with van der Waals surface area (Å²) < 4.78 is 24.3. The standard InChI is InChI=1S/C24H29FN4O4/c1-5-12-26-24(31)28(2)15-23(30)29-21(16-6-8-17(25)9-7-16)14-20(27-29)19-11-10-18(32-3)13-22(19)33-4/h6-11,13,21H,5,12,14-15H2,1-4H3,(H,26,31). The molecule has 1 heterocycles. The lowest BCUT2D eigenvalue weighted by atomic mass is 9.97. The molecule has 176 valence electrons. The number of urea groups is 1. The van der Waals surface area contributed by atoms with Gasteiger partial charge in [-0.05, 0) is 36.2 Å². The second kappa shape index (κ2) is 10.8. The third-order valence-corrected chi connectivity index (χ3v) is 5.39. The number of halogens is 1. The van der Waals surface area contributed by atoms with Crippen LogP contribution in [-0.2, 0) is 4.79 Å². The molecule has 1 unspecified atom stereocenters. The number of likely N-dealkylation sites (N-methyl/N-ethyl adjacent to an activating group) is 1. The van der Waals surface area contributed by atoms with Gasteiger partial charge in [0.1, 0.15) is 23.9 Å². The molecule has 8 nitrogen and oxygen atoms in total. The normalized spacial score (nSPS) is 15.1. The molecule has 0 aromatic heterocycles. The molecule has 33 heavy (non-hydrogen) atoms. The molecule has 0 fully saturated rings. The third-order valence-electron chi connectivity index (χ3n) is 5.39. The maximum atomic E-state index is 13.5. The molecule has 2 aromatic carbocycles. The molecule has 3 rings (SSSR count). The molecular weight excluding hydrogens is 427 g/mol. The van der Waals surface area contributed by atoms with Gasteiger partial charge in [-0.2, -0.15) is 5.10 Å². The van der Waals surface area contributed by atoms with Crippen molar-refractivity contribution >= 4 is 17.6 Å². The minimum absolute atomic E-state index is 0.149. The highest BCUT2D eigenvalue weighted by Gasteiger charge is 2.34. The number of nitrogens with zero attached hydrogens (tertiary/aromatic N) is 3. The molecule has 1 aliphatic heterocycles. The van der Waals surface area contributed by atoms with Crippen LogP contribution >= 0.6 is 0 Å². The zero-order valence-electron chi connectivity index (χ0n) is 19.3. The summed E-state index contributed by atoms with van der Waals surface area (Å²) in [5.41, 5.74) is 2.12. The first-order valence-electron chi connectivity index (χ1n) is 10.7. The summed E-state index contributed by atoms with van der Waals surface area (Å²) in [5, 5.41) is 8.72. The van der Waals surface area contributed by atoms with E-state index in [0.717, 1.165) is 17.5 Å². The fraction of sp³-hybridized carbons (Fsp3) is 0.375. The van der Waals surface area contributed by atoms with Crippen LogP contribution in [0.4, 0.5) is 9.18 Å². The van der Waals surface area contributed by atoms with Gasteiger partial charge in [0.15, 0.2) is 0 Å². The van der Waals surface area contributed by atoms with Gasteiger partial charge in [0.05, 0.1) is 26.0 Å². The molecular formula is C24H29FN4O4. The van der Waals surface area contributed by atoms with E-state index in [1.54, 1.807) is 45.5 Å². The Hall–Kier alpha value is -3.62. The summed E-state index contributed by atoms with van der Waals surface area (Å²) in [5.74, 6) is 0.495. The summed E-state index contributed by atoms with van der Waals surface area (Å²) >= 11 is 0. The minimum atomic E-state index is -0.438. The van der Waals surface area contributed by atoms with E-state index in [2.05, 4.69) is 10.4 Å². The number of rotatable bonds is 8. The number of hydrogen-bond donors (Lipinski definition) is 1. The van der Waals surface area contributed by atoms with Crippen molar-refractivity contribution in [1.82, 2.24) is 15.2 Å². The van der Waals surface area contributed by atoms with Crippen LogP contribution in [0.5, 0.6) is 11.5 Å². The highest BCUT2D eigenvalue weighted by atomic mass is 19.1. The third kappa shape index (κ3) is 5.60. The lowest BCUT2D eigenvalue weighted by Gasteiger charge is -2.25. The topological polar surface area (TPSA) is 83.5 Å². The van der Waals surface area contributed by atoms with Crippen LogP contribution in [0, 0.1) is 5.82 Å². The van der Waals surface area contributed by atoms with Crippen LogP contribution in [0.3, 0.4) is 0 Å². The van der Waals surface area contributed by atoms with Crippen molar-refractivity contribution in [2.75, 3.05) is 34.4 Å². The Kier molecular flexibility index (Phi) is 7.87. The van der Waals surface area contributed by atoms with Crippen molar-refractivity contribution < 1.29 is 23.5 Å². The van der Waals surface area contributed by atoms with Crippen LogP contribution in [0.2, 0.25) is 0 Å². The average Bonchev–Trinajstić information content (AvgIpc) is 3.27. The number of carbonyl (C=O) groups excluding carboxylic acids is 2. The van der Waals surface area contributed by atoms with E-state index in [9.17, 15) is 14.0 Å². The summed E-state index contributed by atoms with van der Waals surface area (Å²) in [7, 11) is 4.68. The molecule has 0 saturated carbocycles. The van der Waals surface area contributed by atoms with Gasteiger partial charge in [-0.25, -0.2) is 14.2 Å². The van der Waals surface area contributed by atoms with Gasteiger partial charge in [0.25, 0.3) is 5.91 Å². The van der Waals surface area contributed by atoms with Crippen molar-refractivity contribution in [3.63, 3.8) is 0 Å². The lowest BCUT2D eigenvalue weighted by molar-refractivity contribution is -0.133. The second-order valence-corrected chi connectivity index (χ2v) is 7.71. The Morgan fingerprint density at radius 3 is 2.55 bits per heavy atom. The van der Waals surface area contributed by atoms with Gasteiger partial charge in [0, 0.05) is 31.6 Å². The zero-order chi connectivity index (χ0) is 24.0. The Balaban J connectivity index is 1.91. The summed E-state index contributed by atoms with van der Waals surface area (Å²) in [6.07, 6.45) is 1.20. The van der Waals surface area contributed by atoms with Crippen molar-refractivity contribution in [2.24, 2.45) is 5.10 Å². The first kappa shape index (κ1) is 24.0. The maximum absolute atomic E-state index is 13.5. The first-order chi connectivity index (χ1) is 15.9. The van der Waals surface area contributed by atoms with Gasteiger partial charge >= 0.3 is 6.03 Å². The number of nitrogens with one attached hydrogen (secondary N) is 1. The lowest BCUT2D eigenvalue weighted by Crippen LogP contribution is -2.43. The van der Waals surface area contributed by atoms with Crippen LogP contribution in [0.1, 0.15) is 36.9 Å². The highest BCUT2D eigenvalue weighted by Crippen LogP contribution is 2.36. The molecule has 1 aliphatic rings. The number of hydrogen-bond acceptors (Lipinski definition) is 5. The molecule has 0 spiro atoms. The van der Waals surface area contributed by atoms with E-state index in [4.69, 9.17) is 9.47 Å². The van der Waals surface area contributed by atoms with E-state index in [1.165, 1.54) is 22.0 Å². The highest BCUT2D eigenvalue weighted by molar-refractivity contribution is 6.05. The number of methoxy groups -OCH3 is 2. The number of carbonyl (C=O) groups is 2. The van der Waals surface area contributed by atoms with E-state index in [1.807, 2.05) is 13.0 Å². The van der Waals surface area contributed by atoms with E-state index in [0.29, 0.717) is 30.2 Å². The molecule has 2 aromatic rings. The second-order valence-electron chi connectivity index (χ2n) is 7.71. The Morgan fingerprint density at radius 1 is 1.18 bits per heavy atom. The van der Waals surface area contributed by atoms with Crippen LogP contribution in [-0.4, -0.2) is 61.9 Å². The monoisotopic (exact) mass is 456 g/mol. The van der Waals surface area contributed by atoms with Crippen LogP contribution < -0.4 is 14.8 Å². The fourth-order valence-corrected chi connectivity index (χ4v) is 3.60. The molecule has 0 aliphatic carbocycles. The number of amides is 3. The fourth-order valence-electron chi connectivity index (χ4n) is 3.60. The van der Waals surface area contributed by atoms with Gasteiger partial charge in [-0.3, -0.25) is 4.79 Å². The summed E-state index contributed by atoms with van der Waals surface area (Å²) in [4.78, 5) is 26.7. The molecule has 3 amide bonds. The van der Waals surface area contributed by atoms with Crippen molar-refractivity contribution in [3.05, 3.63) is 59.4 Å². The summed E-state index contributed by atoms with van der Waals surface area (Å²) in [6, 6.07) is 10.6. The van der Waals surface area contributed by atoms with Gasteiger partial charge in [-0.15, -0.1) is 0 Å².